The van der Waals surface area contributed by atoms with Crippen molar-refractivity contribution in [3.63, 3.8) is 0 Å². The number of nitrogens with two attached hydrogens (primary N) is 1. The number of hydrogen-bond donors (Lipinski definition) is 1. The van der Waals surface area contributed by atoms with Crippen molar-refractivity contribution in [1.29, 1.82) is 0 Å². The zero-order chi connectivity index (χ0) is 16.9. The lowest BCUT2D eigenvalue weighted by Crippen LogP contribution is -2.14. The Balaban J connectivity index is 1.54. The Hall–Kier alpha value is -2.28. The van der Waals surface area contributed by atoms with E-state index in [0.29, 0.717) is 5.82 Å². The van der Waals surface area contributed by atoms with E-state index in [1.807, 2.05) is 23.7 Å². The van der Waals surface area contributed by atoms with Crippen molar-refractivity contribution in [3.8, 4) is 0 Å². The van der Waals surface area contributed by atoms with Gasteiger partial charge in [0.2, 0.25) is 5.91 Å². The Morgan fingerprint density at radius 3 is 2.75 bits per heavy atom. The highest BCUT2D eigenvalue weighted by atomic mass is 32.1. The number of benzene rings is 1. The molecule has 0 aliphatic rings. The zero-order valence-corrected chi connectivity index (χ0v) is 14.6. The molecule has 1 aromatic carbocycles. The van der Waals surface area contributed by atoms with Crippen LogP contribution in [0.2, 0.25) is 0 Å². The molecule has 0 aliphatic carbocycles. The topological polar surface area (TPSA) is 86.7 Å². The molecule has 1 amide bonds. The first-order valence-electron chi connectivity index (χ1n) is 8.21. The van der Waals surface area contributed by atoms with Gasteiger partial charge in [0.15, 0.2) is 5.82 Å². The van der Waals surface area contributed by atoms with Crippen molar-refractivity contribution >= 4 is 27.5 Å². The summed E-state index contributed by atoms with van der Waals surface area (Å²) in [5.41, 5.74) is 6.29. The van der Waals surface area contributed by atoms with E-state index in [2.05, 4.69) is 27.2 Å². The smallest absolute Gasteiger partial charge is 0.225 e. The van der Waals surface area contributed by atoms with Crippen LogP contribution >= 0.6 is 11.3 Å². The van der Waals surface area contributed by atoms with Gasteiger partial charge in [-0.05, 0) is 38.3 Å². The standard InChI is InChI=1S/C17H21N5OS/c1-2-22-16(20-15(21-22)11-14(18)23)9-5-6-10-17-19-12-7-3-4-8-13(12)24-17/h3-4,7-8H,2,5-6,9-11H2,1H3,(H2,18,23). The molecule has 0 aliphatic heterocycles. The molecule has 126 valence electrons. The predicted octanol–water partition coefficient (Wildman–Crippen LogP) is 2.50. The van der Waals surface area contributed by atoms with E-state index in [0.717, 1.165) is 43.6 Å². The summed E-state index contributed by atoms with van der Waals surface area (Å²) in [7, 11) is 0. The van der Waals surface area contributed by atoms with Crippen LogP contribution in [0.15, 0.2) is 24.3 Å². The Labute approximate surface area is 144 Å². The van der Waals surface area contributed by atoms with E-state index < -0.39 is 5.91 Å². The number of amides is 1. The second-order valence-electron chi connectivity index (χ2n) is 5.69. The van der Waals surface area contributed by atoms with E-state index in [-0.39, 0.29) is 6.42 Å². The first kappa shape index (κ1) is 16.6. The number of unbranched alkanes of at least 4 members (excludes halogenated alkanes) is 1. The summed E-state index contributed by atoms with van der Waals surface area (Å²) in [4.78, 5) is 20.1. The summed E-state index contributed by atoms with van der Waals surface area (Å²) in [5.74, 6) is 1.05. The molecule has 0 fully saturated rings. The largest absolute Gasteiger partial charge is 0.369 e. The fraction of sp³-hybridized carbons (Fsp3) is 0.412. The summed E-state index contributed by atoms with van der Waals surface area (Å²) < 4.78 is 3.10. The number of primary amides is 1. The molecular weight excluding hydrogens is 322 g/mol. The average molecular weight is 343 g/mol. The third-order valence-corrected chi connectivity index (χ3v) is 4.90. The van der Waals surface area contributed by atoms with E-state index in [4.69, 9.17) is 5.73 Å². The van der Waals surface area contributed by atoms with Crippen molar-refractivity contribution in [2.75, 3.05) is 0 Å². The number of carbonyl (C=O) groups excluding carboxylic acids is 1. The molecule has 3 aromatic rings. The molecule has 0 saturated carbocycles. The maximum absolute atomic E-state index is 11.0. The maximum atomic E-state index is 11.0. The SMILES string of the molecule is CCn1nc(CC(N)=O)nc1CCCCc1nc2ccccc2s1. The van der Waals surface area contributed by atoms with Gasteiger partial charge in [-0.15, -0.1) is 11.3 Å². The molecule has 2 heterocycles. The van der Waals surface area contributed by atoms with Crippen molar-refractivity contribution in [1.82, 2.24) is 19.7 Å². The number of aromatic nitrogens is 4. The van der Waals surface area contributed by atoms with Crippen LogP contribution in [0.1, 0.15) is 36.4 Å². The molecule has 6 nitrogen and oxygen atoms in total. The molecular formula is C17H21N5OS. The van der Waals surface area contributed by atoms with Crippen LogP contribution in [0.25, 0.3) is 10.2 Å². The van der Waals surface area contributed by atoms with E-state index in [9.17, 15) is 4.79 Å². The van der Waals surface area contributed by atoms with Crippen LogP contribution in [0.3, 0.4) is 0 Å². The Kier molecular flexibility index (Phi) is 5.20. The van der Waals surface area contributed by atoms with Crippen molar-refractivity contribution < 1.29 is 4.79 Å². The van der Waals surface area contributed by atoms with Crippen LogP contribution in [0.5, 0.6) is 0 Å². The number of hydrogen-bond acceptors (Lipinski definition) is 5. The van der Waals surface area contributed by atoms with E-state index in [1.165, 1.54) is 9.71 Å². The minimum Gasteiger partial charge on any atom is -0.369 e. The van der Waals surface area contributed by atoms with Gasteiger partial charge in [0, 0.05) is 13.0 Å². The highest BCUT2D eigenvalue weighted by Gasteiger charge is 2.11. The van der Waals surface area contributed by atoms with E-state index in [1.54, 1.807) is 11.3 Å². The number of rotatable bonds is 8. The summed E-state index contributed by atoms with van der Waals surface area (Å²) >= 11 is 1.77. The lowest BCUT2D eigenvalue weighted by atomic mass is 10.2. The van der Waals surface area contributed by atoms with Gasteiger partial charge >= 0.3 is 0 Å². The van der Waals surface area contributed by atoms with Gasteiger partial charge in [0.1, 0.15) is 5.82 Å². The Bertz CT molecular complexity index is 805. The zero-order valence-electron chi connectivity index (χ0n) is 13.7. The molecule has 24 heavy (non-hydrogen) atoms. The number of para-hydroxylation sites is 1. The third-order valence-electron chi connectivity index (χ3n) is 3.80. The molecule has 7 heteroatoms. The molecule has 0 saturated heterocycles. The van der Waals surface area contributed by atoms with Gasteiger partial charge in [-0.3, -0.25) is 9.48 Å². The first-order valence-corrected chi connectivity index (χ1v) is 9.02. The van der Waals surface area contributed by atoms with Crippen LogP contribution in [-0.2, 0) is 30.6 Å². The molecule has 0 atom stereocenters. The number of carbonyl (C=O) groups is 1. The normalized spacial score (nSPS) is 11.2. The molecule has 0 radical (unpaired) electrons. The van der Waals surface area contributed by atoms with Gasteiger partial charge < -0.3 is 5.73 Å². The minimum atomic E-state index is -0.398. The van der Waals surface area contributed by atoms with Crippen LogP contribution in [0.4, 0.5) is 0 Å². The summed E-state index contributed by atoms with van der Waals surface area (Å²) in [5, 5.41) is 5.51. The number of aryl methyl sites for hydroxylation is 3. The predicted molar refractivity (Wildman–Crippen MR) is 94.9 cm³/mol. The second kappa shape index (κ2) is 7.53. The number of nitrogens with zero attached hydrogens (tertiary/aromatic N) is 4. The maximum Gasteiger partial charge on any atom is 0.225 e. The molecule has 0 unspecified atom stereocenters. The van der Waals surface area contributed by atoms with Gasteiger partial charge in [-0.2, -0.15) is 5.10 Å². The van der Waals surface area contributed by atoms with Gasteiger partial charge in [-0.1, -0.05) is 12.1 Å². The van der Waals surface area contributed by atoms with Gasteiger partial charge in [0.05, 0.1) is 21.6 Å². The van der Waals surface area contributed by atoms with Crippen LogP contribution < -0.4 is 5.73 Å². The van der Waals surface area contributed by atoms with Crippen LogP contribution in [0, 0.1) is 0 Å². The first-order chi connectivity index (χ1) is 11.7. The molecule has 2 aromatic heterocycles. The highest BCUT2D eigenvalue weighted by molar-refractivity contribution is 7.18. The summed E-state index contributed by atoms with van der Waals surface area (Å²) in [6, 6.07) is 8.23. The molecule has 0 spiro atoms. The number of fused-ring (bicyclic) bond motifs is 1. The van der Waals surface area contributed by atoms with Crippen molar-refractivity contribution in [3.05, 3.63) is 40.9 Å². The Morgan fingerprint density at radius 1 is 1.21 bits per heavy atom. The van der Waals surface area contributed by atoms with Gasteiger partial charge in [0.25, 0.3) is 0 Å². The number of thiazole rings is 1. The minimum absolute atomic E-state index is 0.103. The molecule has 2 N–H and O–H groups in total. The molecule has 3 rings (SSSR count). The second-order valence-corrected chi connectivity index (χ2v) is 6.80. The van der Waals surface area contributed by atoms with Crippen LogP contribution in [-0.4, -0.2) is 25.7 Å². The fourth-order valence-corrected chi connectivity index (χ4v) is 3.69. The van der Waals surface area contributed by atoms with Gasteiger partial charge in [-0.25, -0.2) is 9.97 Å². The lowest BCUT2D eigenvalue weighted by Gasteiger charge is -2.01. The Morgan fingerprint density at radius 2 is 2.00 bits per heavy atom. The average Bonchev–Trinajstić information content (AvgIpc) is 3.13. The monoisotopic (exact) mass is 343 g/mol. The fourth-order valence-electron chi connectivity index (χ4n) is 2.68. The highest BCUT2D eigenvalue weighted by Crippen LogP contribution is 2.22. The quantitative estimate of drug-likeness (QED) is 0.637. The third kappa shape index (κ3) is 3.97. The summed E-state index contributed by atoms with van der Waals surface area (Å²) in [6.45, 7) is 2.77. The lowest BCUT2D eigenvalue weighted by molar-refractivity contribution is -0.117. The van der Waals surface area contributed by atoms with E-state index >= 15 is 0 Å². The van der Waals surface area contributed by atoms with Crippen molar-refractivity contribution in [2.45, 2.75) is 45.6 Å². The summed E-state index contributed by atoms with van der Waals surface area (Å²) in [6.07, 6.45) is 4.01. The molecule has 0 bridgehead atoms. The van der Waals surface area contributed by atoms with Crippen molar-refractivity contribution in [2.24, 2.45) is 5.73 Å².